The monoisotopic (exact) mass is 613 g/mol. The third-order valence-electron chi connectivity index (χ3n) is 10.3. The van der Waals surface area contributed by atoms with Crippen LogP contribution in [0.5, 0.6) is 0 Å². The Kier molecular flexibility index (Phi) is 6.40. The fourth-order valence-electron chi connectivity index (χ4n) is 7.86. The minimum absolute atomic E-state index is 0.0927. The van der Waals surface area contributed by atoms with Crippen molar-refractivity contribution in [3.8, 4) is 11.1 Å². The molecule has 7 aromatic carbocycles. The predicted molar refractivity (Wildman–Crippen MR) is 198 cm³/mol. The number of anilines is 1. The highest BCUT2D eigenvalue weighted by atomic mass is 16.2. The lowest BCUT2D eigenvalue weighted by Crippen LogP contribution is -2.41. The van der Waals surface area contributed by atoms with Gasteiger partial charge in [-0.2, -0.15) is 0 Å². The van der Waals surface area contributed by atoms with Gasteiger partial charge in [0, 0.05) is 16.5 Å². The van der Waals surface area contributed by atoms with Crippen molar-refractivity contribution in [2.45, 2.75) is 65.7 Å². The first-order valence-corrected chi connectivity index (χ1v) is 16.8. The fraction of sp³-hybridized carbons (Fsp3) is 0.227. The molecule has 8 rings (SSSR count). The van der Waals surface area contributed by atoms with Crippen LogP contribution in [0.25, 0.3) is 54.2 Å². The Morgan fingerprint density at radius 3 is 1.49 bits per heavy atom. The summed E-state index contributed by atoms with van der Waals surface area (Å²) in [4.78, 5) is 30.5. The Balaban J connectivity index is 1.37. The fourth-order valence-corrected chi connectivity index (χ4v) is 7.86. The maximum absolute atomic E-state index is 14.5. The minimum Gasteiger partial charge on any atom is -0.268 e. The van der Waals surface area contributed by atoms with Crippen LogP contribution in [0.2, 0.25) is 0 Å². The topological polar surface area (TPSA) is 37.4 Å². The molecule has 0 radical (unpaired) electrons. The molecule has 0 aromatic heterocycles. The molecular weight excluding hydrogens is 574 g/mol. The van der Waals surface area contributed by atoms with Gasteiger partial charge < -0.3 is 0 Å². The van der Waals surface area contributed by atoms with Crippen molar-refractivity contribution in [1.82, 2.24) is 0 Å². The molecule has 1 heterocycles. The molecule has 1 aliphatic heterocycles. The average molecular weight is 614 g/mol. The van der Waals surface area contributed by atoms with Crippen molar-refractivity contribution in [3.63, 3.8) is 0 Å². The van der Waals surface area contributed by atoms with Crippen LogP contribution in [0.1, 0.15) is 97.7 Å². The van der Waals surface area contributed by atoms with Gasteiger partial charge in [-0.3, -0.25) is 9.59 Å². The summed E-state index contributed by atoms with van der Waals surface area (Å²) in [5.74, 6) is -0.197. The number of hydrogen-bond donors (Lipinski definition) is 0. The molecule has 0 spiro atoms. The molecule has 0 saturated heterocycles. The van der Waals surface area contributed by atoms with Gasteiger partial charge in [-0.25, -0.2) is 4.90 Å². The first kappa shape index (κ1) is 29.4. The number of imide groups is 1. The summed E-state index contributed by atoms with van der Waals surface area (Å²) in [7, 11) is 0. The summed E-state index contributed by atoms with van der Waals surface area (Å²) in [6, 6.07) is 34.1. The van der Waals surface area contributed by atoms with E-state index < -0.39 is 0 Å². The van der Waals surface area contributed by atoms with Crippen molar-refractivity contribution < 1.29 is 9.59 Å². The Hall–Kier alpha value is -5.02. The first-order chi connectivity index (χ1) is 22.5. The largest absolute Gasteiger partial charge is 0.268 e. The lowest BCUT2D eigenvalue weighted by Gasteiger charge is -2.32. The van der Waals surface area contributed by atoms with E-state index in [0.29, 0.717) is 11.1 Å². The number of fused-ring (bicyclic) bond motifs is 2. The summed E-state index contributed by atoms with van der Waals surface area (Å²) >= 11 is 0. The summed E-state index contributed by atoms with van der Waals surface area (Å²) in [5.41, 5.74) is 7.72. The van der Waals surface area contributed by atoms with Crippen LogP contribution in [0.15, 0.2) is 97.1 Å². The van der Waals surface area contributed by atoms with E-state index in [-0.39, 0.29) is 29.1 Å². The number of hydrogen-bond acceptors (Lipinski definition) is 2. The van der Waals surface area contributed by atoms with Gasteiger partial charge in [0.1, 0.15) is 0 Å². The molecule has 0 fully saturated rings. The van der Waals surface area contributed by atoms with Gasteiger partial charge in [0.2, 0.25) is 0 Å². The quantitative estimate of drug-likeness (QED) is 0.112. The second-order valence-corrected chi connectivity index (χ2v) is 14.8. The van der Waals surface area contributed by atoms with Crippen LogP contribution in [-0.4, -0.2) is 11.8 Å². The number of nitrogens with zero attached hydrogens (tertiary/aromatic N) is 1. The van der Waals surface area contributed by atoms with Crippen molar-refractivity contribution >= 4 is 60.6 Å². The average Bonchev–Trinajstić information content (AvgIpc) is 3.05. The molecule has 0 N–H and O–H groups in total. The second kappa shape index (κ2) is 10.2. The van der Waals surface area contributed by atoms with E-state index in [2.05, 4.69) is 115 Å². The lowest BCUT2D eigenvalue weighted by atomic mass is 9.82. The predicted octanol–water partition coefficient (Wildman–Crippen LogP) is 11.7. The van der Waals surface area contributed by atoms with Crippen molar-refractivity contribution in [1.29, 1.82) is 0 Å². The third-order valence-corrected chi connectivity index (χ3v) is 10.3. The summed E-state index contributed by atoms with van der Waals surface area (Å²) < 4.78 is 0. The molecule has 7 aromatic rings. The Bertz CT molecular complexity index is 2330. The molecule has 232 valence electrons. The SMILES string of the molecule is CC(C)c1cccc(C(C)C)c1N1C(=O)c2ccc3c4cccc5c(-c6ccc(C(C)(C)C)cc6)ccc(c6ccc(c2c36)C1=O)c54. The van der Waals surface area contributed by atoms with E-state index in [9.17, 15) is 9.59 Å². The van der Waals surface area contributed by atoms with Crippen LogP contribution in [-0.2, 0) is 5.41 Å². The molecule has 0 unspecified atom stereocenters. The number of para-hydroxylation sites is 1. The van der Waals surface area contributed by atoms with Gasteiger partial charge in [0.15, 0.2) is 0 Å². The van der Waals surface area contributed by atoms with E-state index in [1.807, 2.05) is 30.3 Å². The van der Waals surface area contributed by atoms with Crippen molar-refractivity contribution in [3.05, 3.63) is 125 Å². The van der Waals surface area contributed by atoms with Crippen LogP contribution in [0.3, 0.4) is 0 Å². The normalized spacial score (nSPS) is 13.9. The van der Waals surface area contributed by atoms with Crippen LogP contribution in [0, 0.1) is 0 Å². The highest BCUT2D eigenvalue weighted by Gasteiger charge is 2.38. The van der Waals surface area contributed by atoms with Gasteiger partial charge in [-0.1, -0.05) is 133 Å². The number of rotatable bonds is 4. The Labute approximate surface area is 276 Å². The zero-order chi connectivity index (χ0) is 32.9. The van der Waals surface area contributed by atoms with Gasteiger partial charge in [0.05, 0.1) is 5.69 Å². The van der Waals surface area contributed by atoms with E-state index >= 15 is 0 Å². The number of benzene rings is 7. The molecule has 0 saturated carbocycles. The first-order valence-electron chi connectivity index (χ1n) is 16.8. The van der Waals surface area contributed by atoms with Crippen LogP contribution in [0.4, 0.5) is 5.69 Å². The summed E-state index contributed by atoms with van der Waals surface area (Å²) in [6.45, 7) is 15.2. The van der Waals surface area contributed by atoms with Crippen LogP contribution < -0.4 is 4.90 Å². The molecule has 3 nitrogen and oxygen atoms in total. The van der Waals surface area contributed by atoms with Crippen molar-refractivity contribution in [2.24, 2.45) is 0 Å². The molecule has 2 amide bonds. The van der Waals surface area contributed by atoms with Crippen LogP contribution >= 0.6 is 0 Å². The highest BCUT2D eigenvalue weighted by molar-refractivity contribution is 6.42. The van der Waals surface area contributed by atoms with Crippen molar-refractivity contribution in [2.75, 3.05) is 4.90 Å². The van der Waals surface area contributed by atoms with E-state index in [4.69, 9.17) is 0 Å². The highest BCUT2D eigenvalue weighted by Crippen LogP contribution is 2.47. The Morgan fingerprint density at radius 1 is 0.489 bits per heavy atom. The molecule has 0 aliphatic carbocycles. The zero-order valence-electron chi connectivity index (χ0n) is 28.2. The molecule has 3 heteroatoms. The number of amides is 2. The zero-order valence-corrected chi connectivity index (χ0v) is 28.2. The van der Waals surface area contributed by atoms with Gasteiger partial charge >= 0.3 is 0 Å². The molecule has 0 bridgehead atoms. The van der Waals surface area contributed by atoms with E-state index in [1.54, 1.807) is 0 Å². The van der Waals surface area contributed by atoms with E-state index in [1.165, 1.54) is 32.4 Å². The molecular formula is C44H39NO2. The second-order valence-electron chi connectivity index (χ2n) is 14.8. The summed E-state index contributed by atoms with van der Waals surface area (Å²) in [6.07, 6.45) is 0. The molecule has 47 heavy (non-hydrogen) atoms. The maximum atomic E-state index is 14.5. The third kappa shape index (κ3) is 4.18. The van der Waals surface area contributed by atoms with E-state index in [0.717, 1.165) is 49.1 Å². The number of carbonyl (C=O) groups is 2. The van der Waals surface area contributed by atoms with Gasteiger partial charge in [-0.15, -0.1) is 0 Å². The minimum atomic E-state index is -0.251. The van der Waals surface area contributed by atoms with Gasteiger partial charge in [0.25, 0.3) is 11.8 Å². The number of carbonyl (C=O) groups excluding carboxylic acids is 2. The lowest BCUT2D eigenvalue weighted by molar-refractivity contribution is 0.0893. The molecule has 1 aliphatic rings. The smallest absolute Gasteiger partial charge is 0.266 e. The summed E-state index contributed by atoms with van der Waals surface area (Å²) in [5, 5.41) is 8.58. The van der Waals surface area contributed by atoms with Gasteiger partial charge in [-0.05, 0) is 94.9 Å². The standard InChI is InChI=1S/C44H39NO2/c1-24(2)28-10-8-11-29(25(3)4)41(28)45-42(46)36-22-20-34-32-13-9-12-31-30(26-14-16-27(17-15-26)44(5,6)7)18-19-33(38(31)32)35-21-23-37(43(45)47)40(36)39(34)35/h8-25H,1-7H3. The Morgan fingerprint density at radius 2 is 0.957 bits per heavy atom. The maximum Gasteiger partial charge on any atom is 0.266 e. The molecule has 0 atom stereocenters.